The number of hydrogen-bond acceptors (Lipinski definition) is 3. The molecule has 0 radical (unpaired) electrons. The zero-order chi connectivity index (χ0) is 23.8. The number of aromatic amines is 1. The van der Waals surface area contributed by atoms with Crippen LogP contribution in [-0.2, 0) is 0 Å². The molecule has 5 nitrogen and oxygen atoms in total. The van der Waals surface area contributed by atoms with Crippen molar-refractivity contribution in [1.82, 2.24) is 9.97 Å². The fourth-order valence-corrected chi connectivity index (χ4v) is 4.04. The molecule has 7 heteroatoms. The largest absolute Gasteiger partial charge is 0.478 e. The number of aromatic nitrogens is 2. The average molecular weight is 473 g/mol. The highest BCUT2D eigenvalue weighted by Gasteiger charge is 2.13. The van der Waals surface area contributed by atoms with E-state index in [9.17, 15) is 14.3 Å². The Labute approximate surface area is 199 Å². The number of nitrogens with zero attached hydrogens (tertiary/aromatic N) is 1. The van der Waals surface area contributed by atoms with Gasteiger partial charge in [0.2, 0.25) is 0 Å². The van der Waals surface area contributed by atoms with Crippen LogP contribution in [0, 0.1) is 12.7 Å². The molecule has 1 aromatic heterocycles. The standard InChI is InChI=1S/C27H18ClFN2O3/c1-15-2-11-20(12-21(15)26(32)33)34-27-30-24-13-22(23(28)14-25(24)31-27)18-5-3-16(4-6-18)17-7-9-19(29)10-8-17/h2-14H,1H3,(H,30,31)(H,32,33). The first kappa shape index (κ1) is 21.7. The number of carboxylic acid groups (broad SMARTS) is 1. The Bertz CT molecular complexity index is 1530. The molecule has 0 aliphatic heterocycles. The van der Waals surface area contributed by atoms with Crippen LogP contribution in [0.3, 0.4) is 0 Å². The number of imidazole rings is 1. The van der Waals surface area contributed by atoms with Gasteiger partial charge in [-0.15, -0.1) is 0 Å². The fraction of sp³-hybridized carbons (Fsp3) is 0.0370. The molecular weight excluding hydrogens is 455 g/mol. The Morgan fingerprint density at radius 1 is 0.941 bits per heavy atom. The maximum absolute atomic E-state index is 13.2. The summed E-state index contributed by atoms with van der Waals surface area (Å²) >= 11 is 6.56. The SMILES string of the molecule is Cc1ccc(Oc2nc3cc(-c4ccc(-c5ccc(F)cc5)cc4)c(Cl)cc3[nH]2)cc1C(=O)O. The van der Waals surface area contributed by atoms with Crippen LogP contribution in [0.5, 0.6) is 11.8 Å². The summed E-state index contributed by atoms with van der Waals surface area (Å²) in [6, 6.07) is 22.9. The van der Waals surface area contributed by atoms with E-state index in [1.165, 1.54) is 18.2 Å². The molecule has 1 heterocycles. The third-order valence-corrected chi connectivity index (χ3v) is 5.89. The molecule has 5 aromatic rings. The lowest BCUT2D eigenvalue weighted by Gasteiger charge is -2.07. The van der Waals surface area contributed by atoms with Gasteiger partial charge in [0.15, 0.2) is 0 Å². The highest BCUT2D eigenvalue weighted by Crippen LogP contribution is 2.34. The number of aryl methyl sites for hydroxylation is 1. The first-order chi connectivity index (χ1) is 16.4. The van der Waals surface area contributed by atoms with Gasteiger partial charge in [-0.3, -0.25) is 0 Å². The van der Waals surface area contributed by atoms with Gasteiger partial charge >= 0.3 is 5.97 Å². The van der Waals surface area contributed by atoms with Crippen molar-refractivity contribution in [3.63, 3.8) is 0 Å². The van der Waals surface area contributed by atoms with Crippen molar-refractivity contribution in [3.8, 4) is 34.0 Å². The molecule has 0 bridgehead atoms. The Hall–Kier alpha value is -4.16. The minimum Gasteiger partial charge on any atom is -0.478 e. The summed E-state index contributed by atoms with van der Waals surface area (Å²) < 4.78 is 19.0. The molecular formula is C27H18ClFN2O3. The molecule has 0 aliphatic carbocycles. The van der Waals surface area contributed by atoms with Crippen LogP contribution in [0.25, 0.3) is 33.3 Å². The Balaban J connectivity index is 1.44. The molecule has 2 N–H and O–H groups in total. The van der Waals surface area contributed by atoms with E-state index in [1.807, 2.05) is 30.3 Å². The van der Waals surface area contributed by atoms with Crippen LogP contribution in [-0.4, -0.2) is 21.0 Å². The van der Waals surface area contributed by atoms with E-state index in [4.69, 9.17) is 16.3 Å². The number of carboxylic acids is 1. The van der Waals surface area contributed by atoms with Crippen molar-refractivity contribution in [2.75, 3.05) is 0 Å². The first-order valence-corrected chi connectivity index (χ1v) is 10.8. The fourth-order valence-electron chi connectivity index (χ4n) is 3.77. The van der Waals surface area contributed by atoms with Crippen LogP contribution in [0.2, 0.25) is 5.02 Å². The first-order valence-electron chi connectivity index (χ1n) is 10.4. The molecule has 0 atom stereocenters. The van der Waals surface area contributed by atoms with E-state index in [0.717, 1.165) is 22.3 Å². The normalized spacial score (nSPS) is 11.0. The third-order valence-electron chi connectivity index (χ3n) is 5.58. The number of benzene rings is 4. The lowest BCUT2D eigenvalue weighted by molar-refractivity contribution is 0.0695. The highest BCUT2D eigenvalue weighted by molar-refractivity contribution is 6.34. The van der Waals surface area contributed by atoms with Crippen LogP contribution < -0.4 is 4.74 Å². The number of halogens is 2. The third kappa shape index (κ3) is 4.23. The van der Waals surface area contributed by atoms with E-state index < -0.39 is 5.97 Å². The predicted molar refractivity (Wildman–Crippen MR) is 130 cm³/mol. The van der Waals surface area contributed by atoms with Crippen LogP contribution in [0.1, 0.15) is 15.9 Å². The quantitative estimate of drug-likeness (QED) is 0.278. The second kappa shape index (κ2) is 8.65. The van der Waals surface area contributed by atoms with Crippen molar-refractivity contribution in [3.05, 3.63) is 101 Å². The summed E-state index contributed by atoms with van der Waals surface area (Å²) in [5.41, 5.74) is 5.77. The number of fused-ring (bicyclic) bond motifs is 1. The lowest BCUT2D eigenvalue weighted by atomic mass is 10.00. The van der Waals surface area contributed by atoms with Crippen LogP contribution >= 0.6 is 11.6 Å². The zero-order valence-electron chi connectivity index (χ0n) is 18.0. The molecule has 34 heavy (non-hydrogen) atoms. The maximum Gasteiger partial charge on any atom is 0.336 e. The molecule has 0 amide bonds. The van der Waals surface area contributed by atoms with Crippen LogP contribution in [0.4, 0.5) is 4.39 Å². The summed E-state index contributed by atoms with van der Waals surface area (Å²) in [7, 11) is 0. The molecule has 0 saturated heterocycles. The molecule has 0 fully saturated rings. The van der Waals surface area contributed by atoms with Crippen molar-refractivity contribution in [1.29, 1.82) is 0 Å². The van der Waals surface area contributed by atoms with Crippen molar-refractivity contribution >= 4 is 28.6 Å². The topological polar surface area (TPSA) is 75.2 Å². The van der Waals surface area contributed by atoms with Gasteiger partial charge in [-0.25, -0.2) is 9.18 Å². The molecule has 0 saturated carbocycles. The number of aromatic carboxylic acids is 1. The summed E-state index contributed by atoms with van der Waals surface area (Å²) in [6.45, 7) is 1.73. The van der Waals surface area contributed by atoms with Gasteiger partial charge in [-0.2, -0.15) is 4.98 Å². The van der Waals surface area contributed by atoms with E-state index in [0.29, 0.717) is 27.4 Å². The molecule has 4 aromatic carbocycles. The van der Waals surface area contributed by atoms with E-state index in [-0.39, 0.29) is 17.4 Å². The second-order valence-corrected chi connectivity index (χ2v) is 8.27. The van der Waals surface area contributed by atoms with Gasteiger partial charge in [-0.1, -0.05) is 54.1 Å². The van der Waals surface area contributed by atoms with Gasteiger partial charge in [0, 0.05) is 5.56 Å². The Kier molecular flexibility index (Phi) is 5.51. The minimum atomic E-state index is -1.02. The average Bonchev–Trinajstić information content (AvgIpc) is 3.21. The summed E-state index contributed by atoms with van der Waals surface area (Å²) in [5.74, 6) is -0.924. The second-order valence-electron chi connectivity index (χ2n) is 7.86. The summed E-state index contributed by atoms with van der Waals surface area (Å²) in [5, 5.41) is 9.87. The Morgan fingerprint density at radius 3 is 2.26 bits per heavy atom. The summed E-state index contributed by atoms with van der Waals surface area (Å²) in [4.78, 5) is 18.9. The smallest absolute Gasteiger partial charge is 0.336 e. The van der Waals surface area contributed by atoms with Crippen molar-refractivity contribution < 1.29 is 19.0 Å². The van der Waals surface area contributed by atoms with Crippen molar-refractivity contribution in [2.45, 2.75) is 6.92 Å². The molecule has 0 aliphatic rings. The van der Waals surface area contributed by atoms with Gasteiger partial charge in [0.1, 0.15) is 11.6 Å². The molecule has 0 spiro atoms. The van der Waals surface area contributed by atoms with Gasteiger partial charge in [-0.05, 0) is 65.6 Å². The molecule has 0 unspecified atom stereocenters. The Morgan fingerprint density at radius 2 is 1.59 bits per heavy atom. The predicted octanol–water partition coefficient (Wildman–Crippen LogP) is 7.49. The molecule has 168 valence electrons. The molecule has 5 rings (SSSR count). The van der Waals surface area contributed by atoms with E-state index >= 15 is 0 Å². The lowest BCUT2D eigenvalue weighted by Crippen LogP contribution is -2.00. The van der Waals surface area contributed by atoms with Gasteiger partial charge in [0.05, 0.1) is 21.6 Å². The monoisotopic (exact) mass is 472 g/mol. The van der Waals surface area contributed by atoms with Gasteiger partial charge < -0.3 is 14.8 Å². The number of carbonyl (C=O) groups is 1. The minimum absolute atomic E-state index is 0.169. The number of rotatable bonds is 5. The van der Waals surface area contributed by atoms with E-state index in [2.05, 4.69) is 9.97 Å². The summed E-state index contributed by atoms with van der Waals surface area (Å²) in [6.07, 6.45) is 0. The van der Waals surface area contributed by atoms with E-state index in [1.54, 1.807) is 37.3 Å². The maximum atomic E-state index is 13.2. The highest BCUT2D eigenvalue weighted by atomic mass is 35.5. The van der Waals surface area contributed by atoms with Gasteiger partial charge in [0.25, 0.3) is 6.01 Å². The number of ether oxygens (including phenoxy) is 1. The number of hydrogen-bond donors (Lipinski definition) is 2. The van der Waals surface area contributed by atoms with Crippen molar-refractivity contribution in [2.24, 2.45) is 0 Å². The number of nitrogens with one attached hydrogen (secondary N) is 1. The zero-order valence-corrected chi connectivity index (χ0v) is 18.7. The van der Waals surface area contributed by atoms with Crippen LogP contribution in [0.15, 0.2) is 78.9 Å². The number of H-pyrrole nitrogens is 1.